The summed E-state index contributed by atoms with van der Waals surface area (Å²) in [5, 5.41) is 15.2. The first-order chi connectivity index (χ1) is 17.6. The highest BCUT2D eigenvalue weighted by atomic mass is 32.1. The van der Waals surface area contributed by atoms with Gasteiger partial charge in [-0.05, 0) is 74.2 Å². The summed E-state index contributed by atoms with van der Waals surface area (Å²) in [5.41, 5.74) is 10.6. The molecule has 0 amide bonds. The zero-order valence-corrected chi connectivity index (χ0v) is 21.2. The molecule has 198 valence electrons. The van der Waals surface area contributed by atoms with Crippen LogP contribution in [0.5, 0.6) is 0 Å². The normalized spacial score (nSPS) is 16.6. The van der Waals surface area contributed by atoms with E-state index in [-0.39, 0.29) is 18.0 Å². The fourth-order valence-corrected chi connectivity index (χ4v) is 5.15. The van der Waals surface area contributed by atoms with Crippen molar-refractivity contribution in [3.05, 3.63) is 79.7 Å². The Bertz CT molecular complexity index is 1280. The van der Waals surface area contributed by atoms with Gasteiger partial charge >= 0.3 is 6.18 Å². The molecule has 5 N–H and O–H groups in total. The van der Waals surface area contributed by atoms with E-state index in [9.17, 15) is 23.1 Å². The third kappa shape index (κ3) is 7.00. The highest BCUT2D eigenvalue weighted by Crippen LogP contribution is 2.30. The minimum Gasteiger partial charge on any atom is -0.396 e. The molecule has 0 spiro atoms. The van der Waals surface area contributed by atoms with Gasteiger partial charge in [0, 0.05) is 41.6 Å². The number of nitrogens with two attached hydrogens (primary N) is 1. The number of nitrogens with one attached hydrogen (secondary N) is 2. The molecule has 1 aliphatic heterocycles. The fourth-order valence-electron chi connectivity index (χ4n) is 4.42. The van der Waals surface area contributed by atoms with Gasteiger partial charge in [0.05, 0.1) is 5.70 Å². The lowest BCUT2D eigenvalue weighted by Crippen LogP contribution is -2.43. The van der Waals surface area contributed by atoms with Crippen molar-refractivity contribution in [3.63, 3.8) is 0 Å². The molecule has 0 radical (unpaired) electrons. The highest BCUT2D eigenvalue weighted by Gasteiger charge is 2.39. The van der Waals surface area contributed by atoms with Crippen molar-refractivity contribution in [1.29, 1.82) is 0 Å². The van der Waals surface area contributed by atoms with E-state index in [0.717, 1.165) is 29.8 Å². The SMILES string of the molecule is Cc1csc(/C(N)=C/c2cc[nH]c(=O)c2CNc2ccc(C3CCN(CC(O)C(F)(F)F)CC3)cc2)n1. The van der Waals surface area contributed by atoms with Crippen LogP contribution in [0.3, 0.4) is 0 Å². The van der Waals surface area contributed by atoms with Crippen molar-refractivity contribution in [1.82, 2.24) is 14.9 Å². The molecule has 3 heterocycles. The highest BCUT2D eigenvalue weighted by molar-refractivity contribution is 7.10. The predicted octanol–water partition coefficient (Wildman–Crippen LogP) is 4.31. The lowest BCUT2D eigenvalue weighted by molar-refractivity contribution is -0.208. The Morgan fingerprint density at radius 1 is 1.30 bits per heavy atom. The minimum absolute atomic E-state index is 0.205. The van der Waals surface area contributed by atoms with Crippen molar-refractivity contribution in [2.75, 3.05) is 25.0 Å². The van der Waals surface area contributed by atoms with E-state index in [0.29, 0.717) is 41.5 Å². The number of nitrogens with zero attached hydrogens (tertiary/aromatic N) is 2. The number of piperidine rings is 1. The van der Waals surface area contributed by atoms with Crippen LogP contribution in [0.4, 0.5) is 18.9 Å². The number of aliphatic hydroxyl groups is 1. The summed E-state index contributed by atoms with van der Waals surface area (Å²) in [6.45, 7) is 2.83. The van der Waals surface area contributed by atoms with E-state index in [1.165, 1.54) is 11.3 Å². The Labute approximate surface area is 216 Å². The number of rotatable bonds is 8. The maximum atomic E-state index is 12.6. The second kappa shape index (κ2) is 11.5. The van der Waals surface area contributed by atoms with E-state index < -0.39 is 12.3 Å². The third-order valence-corrected chi connectivity index (χ3v) is 7.53. The van der Waals surface area contributed by atoms with Gasteiger partial charge in [0.1, 0.15) is 5.01 Å². The lowest BCUT2D eigenvalue weighted by Gasteiger charge is -2.33. The number of halogens is 3. The van der Waals surface area contributed by atoms with Crippen molar-refractivity contribution in [3.8, 4) is 0 Å². The standard InChI is InChI=1S/C26H30F3N5O2S/c1-16-15-37-25(33-16)22(30)12-19-6-9-31-24(36)21(19)13-32-20-4-2-17(3-5-20)18-7-10-34(11-8-18)14-23(35)26(27,28)29/h2-6,9,12,15,18,23,32,35H,7-8,10-11,13-14,30H2,1H3,(H,31,36)/b22-12-. The number of aromatic nitrogens is 2. The molecule has 0 aliphatic carbocycles. The first-order valence-electron chi connectivity index (χ1n) is 12.0. The van der Waals surface area contributed by atoms with Crippen LogP contribution >= 0.6 is 11.3 Å². The smallest absolute Gasteiger partial charge is 0.396 e. The number of H-pyrrole nitrogens is 1. The van der Waals surface area contributed by atoms with Crippen LogP contribution in [0.2, 0.25) is 0 Å². The maximum absolute atomic E-state index is 12.6. The van der Waals surface area contributed by atoms with Gasteiger partial charge in [0.15, 0.2) is 6.10 Å². The van der Waals surface area contributed by atoms with Gasteiger partial charge < -0.3 is 26.0 Å². The number of pyridine rings is 1. The van der Waals surface area contributed by atoms with Gasteiger partial charge in [-0.15, -0.1) is 11.3 Å². The zero-order valence-electron chi connectivity index (χ0n) is 20.4. The molecular weight excluding hydrogens is 503 g/mol. The minimum atomic E-state index is -4.59. The van der Waals surface area contributed by atoms with Crippen LogP contribution in [0.25, 0.3) is 11.8 Å². The second-order valence-electron chi connectivity index (χ2n) is 9.24. The Morgan fingerprint density at radius 2 is 2.00 bits per heavy atom. The van der Waals surface area contributed by atoms with Crippen LogP contribution < -0.4 is 16.6 Å². The van der Waals surface area contributed by atoms with E-state index >= 15 is 0 Å². The molecule has 1 unspecified atom stereocenters. The van der Waals surface area contributed by atoms with Crippen LogP contribution in [-0.2, 0) is 6.54 Å². The van der Waals surface area contributed by atoms with Crippen molar-refractivity contribution >= 4 is 28.8 Å². The number of alkyl halides is 3. The van der Waals surface area contributed by atoms with Gasteiger partial charge in [-0.1, -0.05) is 12.1 Å². The van der Waals surface area contributed by atoms with Crippen LogP contribution in [0.1, 0.15) is 46.2 Å². The first kappa shape index (κ1) is 26.9. The van der Waals surface area contributed by atoms with Crippen LogP contribution in [0, 0.1) is 6.92 Å². The van der Waals surface area contributed by atoms with Crippen molar-refractivity contribution in [2.45, 2.75) is 44.5 Å². The number of aryl methyl sites for hydroxylation is 1. The van der Waals surface area contributed by atoms with E-state index in [2.05, 4.69) is 15.3 Å². The van der Waals surface area contributed by atoms with E-state index in [4.69, 9.17) is 5.73 Å². The van der Waals surface area contributed by atoms with Gasteiger partial charge in [-0.2, -0.15) is 13.2 Å². The molecule has 37 heavy (non-hydrogen) atoms. The molecule has 7 nitrogen and oxygen atoms in total. The number of β-amino-alcohol motifs (C(OH)–C–C–N with tert-alkyl or cyclic N) is 1. The molecule has 2 aromatic heterocycles. The van der Waals surface area contributed by atoms with Crippen LogP contribution in [-0.4, -0.2) is 51.9 Å². The molecule has 3 aromatic rings. The number of likely N-dealkylation sites (tertiary alicyclic amines) is 1. The largest absolute Gasteiger partial charge is 0.415 e. The quantitative estimate of drug-likeness (QED) is 0.344. The van der Waals surface area contributed by atoms with E-state index in [1.54, 1.807) is 23.2 Å². The second-order valence-corrected chi connectivity index (χ2v) is 10.1. The monoisotopic (exact) mass is 533 g/mol. The topological polar surface area (TPSA) is 107 Å². The summed E-state index contributed by atoms with van der Waals surface area (Å²) in [4.78, 5) is 21.3. The number of benzene rings is 1. The third-order valence-electron chi connectivity index (χ3n) is 6.52. The summed E-state index contributed by atoms with van der Waals surface area (Å²) in [6, 6.07) is 9.69. The molecule has 1 atom stereocenters. The van der Waals surface area contributed by atoms with Gasteiger partial charge in [-0.25, -0.2) is 4.98 Å². The summed E-state index contributed by atoms with van der Waals surface area (Å²) < 4.78 is 37.8. The molecule has 1 aliphatic rings. The Hall–Kier alpha value is -3.15. The van der Waals surface area contributed by atoms with Gasteiger partial charge in [0.2, 0.25) is 0 Å². The first-order valence-corrected chi connectivity index (χ1v) is 12.9. The van der Waals surface area contributed by atoms with E-state index in [1.807, 2.05) is 36.6 Å². The summed E-state index contributed by atoms with van der Waals surface area (Å²) in [7, 11) is 0. The summed E-state index contributed by atoms with van der Waals surface area (Å²) >= 11 is 1.45. The van der Waals surface area contributed by atoms with Gasteiger partial charge in [-0.3, -0.25) is 4.79 Å². The molecule has 1 saturated heterocycles. The average molecular weight is 534 g/mol. The molecule has 4 rings (SSSR count). The molecular formula is C26H30F3N5O2S. The Morgan fingerprint density at radius 3 is 2.62 bits per heavy atom. The lowest BCUT2D eigenvalue weighted by atomic mass is 9.89. The number of aromatic amines is 1. The number of hydrogen-bond donors (Lipinski definition) is 4. The predicted molar refractivity (Wildman–Crippen MR) is 140 cm³/mol. The molecule has 1 aromatic carbocycles. The number of hydrogen-bond acceptors (Lipinski definition) is 7. The summed E-state index contributed by atoms with van der Waals surface area (Å²) in [6.07, 6.45) is -2.10. The Kier molecular flexibility index (Phi) is 8.35. The average Bonchev–Trinajstić information content (AvgIpc) is 3.30. The van der Waals surface area contributed by atoms with Crippen molar-refractivity contribution < 1.29 is 18.3 Å². The number of aliphatic hydroxyl groups excluding tert-OH is 1. The Balaban J connectivity index is 1.36. The van der Waals surface area contributed by atoms with Gasteiger partial charge in [0.25, 0.3) is 5.56 Å². The zero-order chi connectivity index (χ0) is 26.6. The molecule has 0 saturated carbocycles. The van der Waals surface area contributed by atoms with Crippen molar-refractivity contribution in [2.24, 2.45) is 5.73 Å². The fraction of sp³-hybridized carbons (Fsp3) is 0.385. The number of anilines is 1. The van der Waals surface area contributed by atoms with Crippen LogP contribution in [0.15, 0.2) is 46.7 Å². The summed E-state index contributed by atoms with van der Waals surface area (Å²) in [5.74, 6) is 0.250. The molecule has 11 heteroatoms. The number of thiazole rings is 1. The maximum Gasteiger partial charge on any atom is 0.415 e. The molecule has 0 bridgehead atoms. The molecule has 1 fully saturated rings.